The Balaban J connectivity index is 2.46. The van der Waals surface area contributed by atoms with Crippen molar-refractivity contribution in [1.82, 2.24) is 9.97 Å². The highest BCUT2D eigenvalue weighted by atomic mass is 79.9. The SMILES string of the molecule is COC1(c2nc(O)c(Br)c(=O)[nH]2)CCCCCC1. The largest absolute Gasteiger partial charge is 0.492 e. The Hall–Kier alpha value is -0.880. The molecule has 1 heterocycles. The van der Waals surface area contributed by atoms with Crippen LogP contribution in [0.4, 0.5) is 0 Å². The zero-order valence-electron chi connectivity index (χ0n) is 10.3. The number of aromatic hydroxyl groups is 1. The molecule has 0 aromatic carbocycles. The fraction of sp³-hybridized carbons (Fsp3) is 0.667. The third kappa shape index (κ3) is 2.44. The van der Waals surface area contributed by atoms with Gasteiger partial charge in [-0.05, 0) is 28.8 Å². The number of methoxy groups -OCH3 is 1. The first-order valence-corrected chi connectivity index (χ1v) is 6.93. The van der Waals surface area contributed by atoms with Crippen LogP contribution in [-0.2, 0) is 10.3 Å². The van der Waals surface area contributed by atoms with Crippen molar-refractivity contribution in [3.8, 4) is 5.88 Å². The molecule has 6 heteroatoms. The molecular formula is C12H17BrN2O3. The topological polar surface area (TPSA) is 75.2 Å². The first-order valence-electron chi connectivity index (χ1n) is 6.13. The van der Waals surface area contributed by atoms with Crippen LogP contribution in [0.2, 0.25) is 0 Å². The molecule has 0 aliphatic heterocycles. The van der Waals surface area contributed by atoms with Crippen molar-refractivity contribution in [3.63, 3.8) is 0 Å². The molecular weight excluding hydrogens is 300 g/mol. The lowest BCUT2D eigenvalue weighted by Crippen LogP contribution is -2.32. The molecule has 0 atom stereocenters. The van der Waals surface area contributed by atoms with Gasteiger partial charge in [0.2, 0.25) is 5.88 Å². The summed E-state index contributed by atoms with van der Waals surface area (Å²) in [7, 11) is 1.63. The van der Waals surface area contributed by atoms with Gasteiger partial charge >= 0.3 is 0 Å². The van der Waals surface area contributed by atoms with E-state index < -0.39 is 5.60 Å². The van der Waals surface area contributed by atoms with Gasteiger partial charge in [-0.2, -0.15) is 4.98 Å². The van der Waals surface area contributed by atoms with E-state index >= 15 is 0 Å². The van der Waals surface area contributed by atoms with Crippen LogP contribution in [0.1, 0.15) is 44.3 Å². The third-order valence-electron chi connectivity index (χ3n) is 3.58. The molecule has 0 saturated heterocycles. The van der Waals surface area contributed by atoms with Crippen LogP contribution in [0.3, 0.4) is 0 Å². The number of aromatic amines is 1. The molecule has 1 fully saturated rings. The highest BCUT2D eigenvalue weighted by molar-refractivity contribution is 9.10. The lowest BCUT2D eigenvalue weighted by Gasteiger charge is -2.30. The quantitative estimate of drug-likeness (QED) is 0.822. The van der Waals surface area contributed by atoms with E-state index in [4.69, 9.17) is 4.74 Å². The minimum atomic E-state index is -0.576. The number of halogens is 1. The van der Waals surface area contributed by atoms with Gasteiger partial charge in [-0.15, -0.1) is 0 Å². The summed E-state index contributed by atoms with van der Waals surface area (Å²) in [6.45, 7) is 0. The summed E-state index contributed by atoms with van der Waals surface area (Å²) in [6, 6.07) is 0. The molecule has 1 aromatic heterocycles. The van der Waals surface area contributed by atoms with Crippen LogP contribution in [-0.4, -0.2) is 22.2 Å². The number of hydrogen-bond donors (Lipinski definition) is 2. The first kappa shape index (κ1) is 13.5. The molecule has 1 saturated carbocycles. The molecule has 18 heavy (non-hydrogen) atoms. The molecule has 2 N–H and O–H groups in total. The van der Waals surface area contributed by atoms with E-state index in [-0.39, 0.29) is 15.9 Å². The van der Waals surface area contributed by atoms with Crippen molar-refractivity contribution < 1.29 is 9.84 Å². The molecule has 1 aliphatic carbocycles. The molecule has 0 radical (unpaired) electrons. The van der Waals surface area contributed by atoms with Crippen LogP contribution in [0.5, 0.6) is 5.88 Å². The average Bonchev–Trinajstić information content (AvgIpc) is 2.61. The van der Waals surface area contributed by atoms with Crippen molar-refractivity contribution in [2.24, 2.45) is 0 Å². The maximum absolute atomic E-state index is 11.7. The average molecular weight is 317 g/mol. The van der Waals surface area contributed by atoms with E-state index in [1.54, 1.807) is 7.11 Å². The van der Waals surface area contributed by atoms with Crippen molar-refractivity contribution >= 4 is 15.9 Å². The van der Waals surface area contributed by atoms with Crippen LogP contribution in [0, 0.1) is 0 Å². The highest BCUT2D eigenvalue weighted by Gasteiger charge is 2.36. The fourth-order valence-electron chi connectivity index (χ4n) is 2.50. The summed E-state index contributed by atoms with van der Waals surface area (Å²) in [4.78, 5) is 18.5. The molecule has 5 nitrogen and oxygen atoms in total. The van der Waals surface area contributed by atoms with Crippen molar-refractivity contribution in [1.29, 1.82) is 0 Å². The van der Waals surface area contributed by atoms with Crippen LogP contribution in [0.15, 0.2) is 9.27 Å². The van der Waals surface area contributed by atoms with Gasteiger partial charge in [0.15, 0.2) is 0 Å². The molecule has 0 spiro atoms. The monoisotopic (exact) mass is 316 g/mol. The lowest BCUT2D eigenvalue weighted by atomic mass is 9.93. The molecule has 100 valence electrons. The fourth-order valence-corrected chi connectivity index (χ4v) is 2.69. The molecule has 0 unspecified atom stereocenters. The minimum Gasteiger partial charge on any atom is -0.492 e. The zero-order valence-corrected chi connectivity index (χ0v) is 11.9. The lowest BCUT2D eigenvalue weighted by molar-refractivity contribution is -0.0357. The van der Waals surface area contributed by atoms with Crippen LogP contribution >= 0.6 is 15.9 Å². The van der Waals surface area contributed by atoms with Gasteiger partial charge < -0.3 is 14.8 Å². The summed E-state index contributed by atoms with van der Waals surface area (Å²) < 4.78 is 5.70. The number of rotatable bonds is 2. The smallest absolute Gasteiger partial charge is 0.269 e. The zero-order chi connectivity index (χ0) is 13.2. The second-order valence-electron chi connectivity index (χ2n) is 4.66. The van der Waals surface area contributed by atoms with Crippen molar-refractivity contribution in [2.45, 2.75) is 44.1 Å². The first-order chi connectivity index (χ1) is 8.59. The molecule has 1 aromatic rings. The van der Waals surface area contributed by atoms with Gasteiger partial charge in [-0.3, -0.25) is 4.79 Å². The van der Waals surface area contributed by atoms with E-state index in [1.165, 1.54) is 0 Å². The molecule has 1 aliphatic rings. The van der Waals surface area contributed by atoms with Crippen LogP contribution < -0.4 is 5.56 Å². The van der Waals surface area contributed by atoms with Gasteiger partial charge in [0, 0.05) is 7.11 Å². The number of H-pyrrole nitrogens is 1. The van der Waals surface area contributed by atoms with Crippen LogP contribution in [0.25, 0.3) is 0 Å². The minimum absolute atomic E-state index is 0.0612. The normalized spacial score (nSPS) is 19.4. The Bertz CT molecular complexity index is 479. The second kappa shape index (κ2) is 5.40. The van der Waals surface area contributed by atoms with E-state index in [9.17, 15) is 9.90 Å². The Morgan fingerprint density at radius 1 is 1.33 bits per heavy atom. The highest BCUT2D eigenvalue weighted by Crippen LogP contribution is 2.37. The Morgan fingerprint density at radius 2 is 1.94 bits per heavy atom. The summed E-state index contributed by atoms with van der Waals surface area (Å²) in [5.74, 6) is 0.145. The number of nitrogens with one attached hydrogen (secondary N) is 1. The van der Waals surface area contributed by atoms with E-state index in [0.29, 0.717) is 5.82 Å². The van der Waals surface area contributed by atoms with E-state index in [1.807, 2.05) is 0 Å². The van der Waals surface area contributed by atoms with Crippen molar-refractivity contribution in [2.75, 3.05) is 7.11 Å². The molecule has 2 rings (SSSR count). The van der Waals surface area contributed by atoms with Gasteiger partial charge in [0.25, 0.3) is 5.56 Å². The Morgan fingerprint density at radius 3 is 2.44 bits per heavy atom. The van der Waals surface area contributed by atoms with Gasteiger partial charge in [-0.1, -0.05) is 25.7 Å². The summed E-state index contributed by atoms with van der Waals surface area (Å²) >= 11 is 3.00. The third-order valence-corrected chi connectivity index (χ3v) is 4.29. The summed E-state index contributed by atoms with van der Waals surface area (Å²) in [5, 5.41) is 9.66. The van der Waals surface area contributed by atoms with Gasteiger partial charge in [0.1, 0.15) is 15.9 Å². The number of nitrogens with zero attached hydrogens (tertiary/aromatic N) is 1. The Labute approximate surface area is 114 Å². The number of ether oxygens (including phenoxy) is 1. The maximum Gasteiger partial charge on any atom is 0.269 e. The van der Waals surface area contributed by atoms with E-state index in [0.717, 1.165) is 38.5 Å². The number of hydrogen-bond acceptors (Lipinski definition) is 4. The summed E-state index contributed by atoms with van der Waals surface area (Å²) in [5.41, 5.74) is -0.952. The van der Waals surface area contributed by atoms with Crippen molar-refractivity contribution in [3.05, 3.63) is 20.7 Å². The van der Waals surface area contributed by atoms with Gasteiger partial charge in [0.05, 0.1) is 0 Å². The predicted molar refractivity (Wildman–Crippen MR) is 70.6 cm³/mol. The number of aromatic nitrogens is 2. The summed E-state index contributed by atoms with van der Waals surface area (Å²) in [6.07, 6.45) is 6.03. The molecule has 0 amide bonds. The Kier molecular flexibility index (Phi) is 4.07. The predicted octanol–water partition coefficient (Wildman–Crippen LogP) is 2.43. The standard InChI is InChI=1S/C12H17BrN2O3/c1-18-12(6-4-2-3-5-7-12)11-14-9(16)8(13)10(17)15-11/h2-7H2,1H3,(H2,14,15,16,17). The second-order valence-corrected chi connectivity index (χ2v) is 5.46. The van der Waals surface area contributed by atoms with Gasteiger partial charge in [-0.25, -0.2) is 0 Å². The molecule has 0 bridgehead atoms. The van der Waals surface area contributed by atoms with E-state index in [2.05, 4.69) is 25.9 Å². The maximum atomic E-state index is 11.7.